The molecule has 0 aliphatic heterocycles. The van der Waals surface area contributed by atoms with Crippen LogP contribution < -0.4 is 11.1 Å². The van der Waals surface area contributed by atoms with E-state index < -0.39 is 0 Å². The third kappa shape index (κ3) is 4.08. The molecule has 1 heterocycles. The van der Waals surface area contributed by atoms with E-state index in [2.05, 4.69) is 34.5 Å². The predicted molar refractivity (Wildman–Crippen MR) is 85.6 cm³/mol. The van der Waals surface area contributed by atoms with Crippen molar-refractivity contribution >= 4 is 11.6 Å². The van der Waals surface area contributed by atoms with Crippen LogP contribution in [0.1, 0.15) is 29.5 Å². The van der Waals surface area contributed by atoms with Crippen LogP contribution in [0, 0.1) is 13.8 Å². The van der Waals surface area contributed by atoms with E-state index in [0.29, 0.717) is 12.5 Å². The number of nitrogens with zero attached hydrogens (tertiary/aromatic N) is 2. The van der Waals surface area contributed by atoms with E-state index in [-0.39, 0.29) is 0 Å². The Bertz CT molecular complexity index is 611. The van der Waals surface area contributed by atoms with Crippen LogP contribution in [0.3, 0.4) is 0 Å². The van der Waals surface area contributed by atoms with Gasteiger partial charge in [-0.2, -0.15) is 0 Å². The molecule has 112 valence electrons. The van der Waals surface area contributed by atoms with Gasteiger partial charge < -0.3 is 15.6 Å². The summed E-state index contributed by atoms with van der Waals surface area (Å²) < 4.78 is 5.13. The smallest absolute Gasteiger partial charge is 0.193 e. The second-order valence-corrected chi connectivity index (χ2v) is 5.00. The molecular formula is C16H22N4O. The maximum absolute atomic E-state index is 5.91. The summed E-state index contributed by atoms with van der Waals surface area (Å²) >= 11 is 0. The number of aryl methyl sites for hydroxylation is 3. The van der Waals surface area contributed by atoms with Gasteiger partial charge in [-0.05, 0) is 44.4 Å². The summed E-state index contributed by atoms with van der Waals surface area (Å²) in [6, 6.07) is 8.17. The molecule has 2 rings (SSSR count). The molecule has 0 unspecified atom stereocenters. The predicted octanol–water partition coefficient (Wildman–Crippen LogP) is 2.82. The number of aromatic nitrogens is 1. The van der Waals surface area contributed by atoms with Crippen molar-refractivity contribution in [2.24, 2.45) is 10.7 Å². The summed E-state index contributed by atoms with van der Waals surface area (Å²) in [5.74, 6) is 1.28. The molecule has 0 saturated heterocycles. The fourth-order valence-corrected chi connectivity index (χ4v) is 2.20. The molecule has 2 aromatic rings. The number of guanidine groups is 1. The minimum Gasteiger partial charge on any atom is -0.370 e. The van der Waals surface area contributed by atoms with E-state index in [1.807, 2.05) is 26.0 Å². The van der Waals surface area contributed by atoms with Crippen LogP contribution >= 0.6 is 0 Å². The van der Waals surface area contributed by atoms with E-state index in [4.69, 9.17) is 10.3 Å². The van der Waals surface area contributed by atoms with Crippen LogP contribution in [-0.2, 0) is 12.8 Å². The molecule has 0 saturated carbocycles. The largest absolute Gasteiger partial charge is 0.370 e. The third-order valence-electron chi connectivity index (χ3n) is 3.43. The van der Waals surface area contributed by atoms with Gasteiger partial charge in [0.05, 0.1) is 5.69 Å². The van der Waals surface area contributed by atoms with E-state index in [1.54, 1.807) is 0 Å². The first-order chi connectivity index (χ1) is 10.1. The van der Waals surface area contributed by atoms with Gasteiger partial charge in [-0.1, -0.05) is 24.2 Å². The van der Waals surface area contributed by atoms with Crippen LogP contribution in [0.25, 0.3) is 0 Å². The normalized spacial score (nSPS) is 11.7. The molecule has 1 aromatic heterocycles. The zero-order chi connectivity index (χ0) is 15.2. The highest BCUT2D eigenvalue weighted by molar-refractivity contribution is 5.92. The lowest BCUT2D eigenvalue weighted by atomic mass is 10.1. The van der Waals surface area contributed by atoms with Crippen molar-refractivity contribution in [1.82, 2.24) is 5.16 Å². The number of anilines is 1. The monoisotopic (exact) mass is 286 g/mol. The topological polar surface area (TPSA) is 76.4 Å². The maximum Gasteiger partial charge on any atom is 0.193 e. The molecule has 0 fully saturated rings. The van der Waals surface area contributed by atoms with Crippen molar-refractivity contribution in [2.45, 2.75) is 33.6 Å². The molecule has 0 atom stereocenters. The van der Waals surface area contributed by atoms with Crippen molar-refractivity contribution in [2.75, 3.05) is 11.9 Å². The number of nitrogens with one attached hydrogen (secondary N) is 1. The van der Waals surface area contributed by atoms with Crippen molar-refractivity contribution in [1.29, 1.82) is 0 Å². The third-order valence-corrected chi connectivity index (χ3v) is 3.43. The number of benzene rings is 1. The van der Waals surface area contributed by atoms with Gasteiger partial charge in [0.25, 0.3) is 0 Å². The summed E-state index contributed by atoms with van der Waals surface area (Å²) in [6.45, 7) is 6.58. The van der Waals surface area contributed by atoms with Gasteiger partial charge in [-0.15, -0.1) is 0 Å². The number of rotatable bonds is 5. The van der Waals surface area contributed by atoms with Crippen LogP contribution in [0.4, 0.5) is 5.69 Å². The zero-order valence-corrected chi connectivity index (χ0v) is 12.8. The SMILES string of the molecule is CCc1cccc(NC(N)=NCCc2c(C)noc2C)c1. The molecule has 0 aliphatic rings. The first-order valence-electron chi connectivity index (χ1n) is 7.17. The van der Waals surface area contributed by atoms with Gasteiger partial charge in [0.2, 0.25) is 0 Å². The highest BCUT2D eigenvalue weighted by Gasteiger charge is 2.07. The van der Waals surface area contributed by atoms with Gasteiger partial charge in [0.1, 0.15) is 5.76 Å². The molecule has 0 bridgehead atoms. The van der Waals surface area contributed by atoms with Crippen molar-refractivity contribution in [3.05, 3.63) is 46.8 Å². The van der Waals surface area contributed by atoms with Crippen LogP contribution in [-0.4, -0.2) is 17.7 Å². The van der Waals surface area contributed by atoms with Gasteiger partial charge >= 0.3 is 0 Å². The fraction of sp³-hybridized carbons (Fsp3) is 0.375. The molecule has 3 N–H and O–H groups in total. The lowest BCUT2D eigenvalue weighted by molar-refractivity contribution is 0.392. The Balaban J connectivity index is 1.92. The zero-order valence-electron chi connectivity index (χ0n) is 12.8. The van der Waals surface area contributed by atoms with Crippen molar-refractivity contribution in [3.8, 4) is 0 Å². The van der Waals surface area contributed by atoms with Crippen LogP contribution in [0.5, 0.6) is 0 Å². The summed E-state index contributed by atoms with van der Waals surface area (Å²) in [5, 5.41) is 7.05. The van der Waals surface area contributed by atoms with Gasteiger partial charge in [0.15, 0.2) is 5.96 Å². The number of hydrogen-bond acceptors (Lipinski definition) is 3. The molecule has 5 heteroatoms. The van der Waals surface area contributed by atoms with Crippen LogP contribution in [0.2, 0.25) is 0 Å². The van der Waals surface area contributed by atoms with E-state index in [0.717, 1.165) is 35.5 Å². The van der Waals surface area contributed by atoms with E-state index in [9.17, 15) is 0 Å². The highest BCUT2D eigenvalue weighted by atomic mass is 16.5. The minimum atomic E-state index is 0.426. The Labute approximate surface area is 125 Å². The standard InChI is InChI=1S/C16H22N4O/c1-4-13-6-5-7-14(10-13)19-16(17)18-9-8-15-11(2)20-21-12(15)3/h5-7,10H,4,8-9H2,1-3H3,(H3,17,18,19). The van der Waals surface area contributed by atoms with Crippen LogP contribution in [0.15, 0.2) is 33.8 Å². The quantitative estimate of drug-likeness (QED) is 0.654. The van der Waals surface area contributed by atoms with E-state index >= 15 is 0 Å². The molecule has 0 aliphatic carbocycles. The second-order valence-electron chi connectivity index (χ2n) is 5.00. The number of hydrogen-bond donors (Lipinski definition) is 2. The highest BCUT2D eigenvalue weighted by Crippen LogP contribution is 2.13. The Morgan fingerprint density at radius 1 is 1.38 bits per heavy atom. The first kappa shape index (κ1) is 15.1. The first-order valence-corrected chi connectivity index (χ1v) is 7.17. The summed E-state index contributed by atoms with van der Waals surface area (Å²) in [6.07, 6.45) is 1.77. The lowest BCUT2D eigenvalue weighted by Crippen LogP contribution is -2.23. The molecule has 0 radical (unpaired) electrons. The van der Waals surface area contributed by atoms with Gasteiger partial charge in [-0.25, -0.2) is 0 Å². The number of aliphatic imine (C=N–C) groups is 1. The minimum absolute atomic E-state index is 0.426. The Morgan fingerprint density at radius 3 is 2.86 bits per heavy atom. The lowest BCUT2D eigenvalue weighted by Gasteiger charge is -2.07. The van der Waals surface area contributed by atoms with E-state index in [1.165, 1.54) is 5.56 Å². The molecule has 5 nitrogen and oxygen atoms in total. The number of nitrogens with two attached hydrogens (primary N) is 1. The molecule has 0 spiro atoms. The second kappa shape index (κ2) is 6.92. The molecular weight excluding hydrogens is 264 g/mol. The summed E-state index contributed by atoms with van der Waals surface area (Å²) in [4.78, 5) is 4.35. The Hall–Kier alpha value is -2.30. The van der Waals surface area contributed by atoms with Gasteiger partial charge in [-0.3, -0.25) is 4.99 Å². The Morgan fingerprint density at radius 2 is 2.19 bits per heavy atom. The molecule has 0 amide bonds. The molecule has 21 heavy (non-hydrogen) atoms. The molecule has 1 aromatic carbocycles. The van der Waals surface area contributed by atoms with Gasteiger partial charge in [0, 0.05) is 17.8 Å². The van der Waals surface area contributed by atoms with Crippen molar-refractivity contribution < 1.29 is 4.52 Å². The Kier molecular flexibility index (Phi) is 4.98. The summed E-state index contributed by atoms with van der Waals surface area (Å²) in [5.41, 5.74) is 10.2. The van der Waals surface area contributed by atoms with Crippen molar-refractivity contribution in [3.63, 3.8) is 0 Å². The summed E-state index contributed by atoms with van der Waals surface area (Å²) in [7, 11) is 0. The average molecular weight is 286 g/mol. The maximum atomic E-state index is 5.91. The fourth-order valence-electron chi connectivity index (χ4n) is 2.20. The average Bonchev–Trinajstić information content (AvgIpc) is 2.79.